The van der Waals surface area contributed by atoms with Crippen LogP contribution in [0.25, 0.3) is 28.6 Å². The number of halogens is 2. The van der Waals surface area contributed by atoms with E-state index in [0.717, 1.165) is 0 Å². The zero-order chi connectivity index (χ0) is 18.3. The van der Waals surface area contributed by atoms with Gasteiger partial charge in [-0.25, -0.2) is 8.78 Å². The van der Waals surface area contributed by atoms with Gasteiger partial charge in [0.1, 0.15) is 17.4 Å². The number of phenols is 1. The highest BCUT2D eigenvalue weighted by Gasteiger charge is 2.21. The van der Waals surface area contributed by atoms with Crippen molar-refractivity contribution in [1.82, 2.24) is 14.8 Å². The van der Waals surface area contributed by atoms with Crippen molar-refractivity contribution in [3.05, 3.63) is 59.9 Å². The van der Waals surface area contributed by atoms with E-state index < -0.39 is 11.6 Å². The number of aromatic nitrogens is 3. The normalized spacial score (nSPS) is 12.8. The van der Waals surface area contributed by atoms with Crippen LogP contribution in [0.15, 0.2) is 41.9 Å². The highest BCUT2D eigenvalue weighted by atomic mass is 19.1. The van der Waals surface area contributed by atoms with Gasteiger partial charge in [-0.2, -0.15) is 0 Å². The summed E-state index contributed by atoms with van der Waals surface area (Å²) < 4.78 is 31.0. The number of hydrogen-bond donors (Lipinski definition) is 1. The zero-order valence-electron chi connectivity index (χ0n) is 13.7. The molecule has 0 unspecified atom stereocenters. The lowest BCUT2D eigenvalue weighted by Gasteiger charge is -2.14. The van der Waals surface area contributed by atoms with Crippen molar-refractivity contribution in [3.8, 4) is 28.3 Å². The third-order valence-electron chi connectivity index (χ3n) is 4.28. The monoisotopic (exact) mass is 352 g/mol. The molecule has 2 aromatic carbocycles. The molecule has 1 aliphatic rings. The van der Waals surface area contributed by atoms with Gasteiger partial charge in [0.25, 0.3) is 0 Å². The van der Waals surface area contributed by atoms with Gasteiger partial charge in [0.05, 0.1) is 18.3 Å². The second kappa shape index (κ2) is 6.18. The summed E-state index contributed by atoms with van der Waals surface area (Å²) in [7, 11) is 0. The van der Waals surface area contributed by atoms with Crippen LogP contribution in [0, 0.1) is 11.6 Å². The predicted molar refractivity (Wildman–Crippen MR) is 95.0 cm³/mol. The van der Waals surface area contributed by atoms with Crippen LogP contribution >= 0.6 is 0 Å². The second-order valence-corrected chi connectivity index (χ2v) is 5.83. The Kier molecular flexibility index (Phi) is 3.84. The Morgan fingerprint density at radius 1 is 1.12 bits per heavy atom. The summed E-state index contributed by atoms with van der Waals surface area (Å²) in [5.74, 6) is -0.633. The fraction of sp³-hybridized carbons (Fsp3) is 0.105. The minimum Gasteiger partial charge on any atom is -0.507 e. The Hall–Kier alpha value is -3.35. The molecule has 1 aromatic heterocycles. The molecule has 0 amide bonds. The van der Waals surface area contributed by atoms with E-state index in [4.69, 9.17) is 0 Å². The van der Waals surface area contributed by atoms with Gasteiger partial charge in [-0.3, -0.25) is 4.99 Å². The number of aromatic hydroxyl groups is 1. The van der Waals surface area contributed by atoms with E-state index in [-0.39, 0.29) is 16.9 Å². The Balaban J connectivity index is 1.92. The first-order chi connectivity index (χ1) is 12.6. The third-order valence-corrected chi connectivity index (χ3v) is 4.28. The van der Waals surface area contributed by atoms with E-state index in [1.807, 2.05) is 4.57 Å². The van der Waals surface area contributed by atoms with Crippen molar-refractivity contribution < 1.29 is 13.9 Å². The number of nitrogens with zero attached hydrogens (tertiary/aromatic N) is 4. The molecule has 0 spiro atoms. The van der Waals surface area contributed by atoms with E-state index in [9.17, 15) is 13.9 Å². The average molecular weight is 352 g/mol. The molecule has 0 fully saturated rings. The smallest absolute Gasteiger partial charge is 0.175 e. The van der Waals surface area contributed by atoms with Crippen LogP contribution < -0.4 is 0 Å². The van der Waals surface area contributed by atoms with Crippen molar-refractivity contribution in [1.29, 1.82) is 0 Å². The summed E-state index contributed by atoms with van der Waals surface area (Å²) in [6.07, 6.45) is 3.04. The van der Waals surface area contributed by atoms with E-state index >= 15 is 0 Å². The van der Waals surface area contributed by atoms with E-state index in [1.165, 1.54) is 30.3 Å². The lowest BCUT2D eigenvalue weighted by Crippen LogP contribution is -2.12. The van der Waals surface area contributed by atoms with Gasteiger partial charge in [0, 0.05) is 17.7 Å². The van der Waals surface area contributed by atoms with Crippen LogP contribution in [0.2, 0.25) is 0 Å². The predicted octanol–water partition coefficient (Wildman–Crippen LogP) is 3.67. The van der Waals surface area contributed by atoms with Gasteiger partial charge in [-0.1, -0.05) is 18.7 Å². The van der Waals surface area contributed by atoms with Crippen molar-refractivity contribution in [2.75, 3.05) is 6.54 Å². The molecular weight excluding hydrogens is 338 g/mol. The maximum atomic E-state index is 15.0. The SMILES string of the molecule is C=Cc1cc(-c2nnc3n2CCN=C3)cc(F)c1-c1c(O)cccc1F. The number of hydrogen-bond acceptors (Lipinski definition) is 4. The summed E-state index contributed by atoms with van der Waals surface area (Å²) in [6, 6.07) is 6.76. The van der Waals surface area contributed by atoms with Gasteiger partial charge in [0.15, 0.2) is 11.6 Å². The van der Waals surface area contributed by atoms with Gasteiger partial charge in [0.2, 0.25) is 0 Å². The third kappa shape index (κ3) is 2.48. The van der Waals surface area contributed by atoms with Crippen molar-refractivity contribution >= 4 is 12.3 Å². The van der Waals surface area contributed by atoms with Crippen LogP contribution in [-0.2, 0) is 6.54 Å². The first kappa shape index (κ1) is 16.1. The van der Waals surface area contributed by atoms with Crippen molar-refractivity contribution in [2.24, 2.45) is 4.99 Å². The Morgan fingerprint density at radius 3 is 2.73 bits per heavy atom. The maximum Gasteiger partial charge on any atom is 0.175 e. The van der Waals surface area contributed by atoms with E-state index in [0.29, 0.717) is 35.9 Å². The molecule has 2 heterocycles. The molecule has 0 bridgehead atoms. The van der Waals surface area contributed by atoms with Gasteiger partial charge >= 0.3 is 0 Å². The van der Waals surface area contributed by atoms with Gasteiger partial charge < -0.3 is 9.67 Å². The summed E-state index contributed by atoms with van der Waals surface area (Å²) in [4.78, 5) is 4.14. The summed E-state index contributed by atoms with van der Waals surface area (Å²) >= 11 is 0. The maximum absolute atomic E-state index is 15.0. The quantitative estimate of drug-likeness (QED) is 0.782. The molecule has 0 radical (unpaired) electrons. The molecule has 0 atom stereocenters. The van der Waals surface area contributed by atoms with E-state index in [1.54, 1.807) is 12.3 Å². The highest BCUT2D eigenvalue weighted by molar-refractivity contribution is 5.83. The molecule has 0 saturated heterocycles. The minimum atomic E-state index is -0.712. The zero-order valence-corrected chi connectivity index (χ0v) is 13.7. The van der Waals surface area contributed by atoms with Crippen LogP contribution in [0.4, 0.5) is 8.78 Å². The van der Waals surface area contributed by atoms with Crippen LogP contribution in [0.5, 0.6) is 5.75 Å². The number of rotatable bonds is 3. The first-order valence-corrected chi connectivity index (χ1v) is 7.97. The van der Waals surface area contributed by atoms with Gasteiger partial charge in [-0.05, 0) is 29.8 Å². The molecule has 26 heavy (non-hydrogen) atoms. The van der Waals surface area contributed by atoms with Crippen LogP contribution in [0.3, 0.4) is 0 Å². The van der Waals surface area contributed by atoms with E-state index in [2.05, 4.69) is 21.8 Å². The minimum absolute atomic E-state index is 0.0423. The van der Waals surface area contributed by atoms with Crippen molar-refractivity contribution in [2.45, 2.75) is 6.54 Å². The molecule has 1 N–H and O–H groups in total. The van der Waals surface area contributed by atoms with Crippen molar-refractivity contribution in [3.63, 3.8) is 0 Å². The molecule has 130 valence electrons. The number of fused-ring (bicyclic) bond motifs is 1. The molecule has 5 nitrogen and oxygen atoms in total. The fourth-order valence-corrected chi connectivity index (χ4v) is 3.09. The summed E-state index contributed by atoms with van der Waals surface area (Å²) in [5, 5.41) is 18.2. The van der Waals surface area contributed by atoms with Crippen LogP contribution in [-0.4, -0.2) is 32.6 Å². The molecule has 1 aliphatic heterocycles. The summed E-state index contributed by atoms with van der Waals surface area (Å²) in [5.41, 5.74) is 0.606. The first-order valence-electron chi connectivity index (χ1n) is 7.97. The second-order valence-electron chi connectivity index (χ2n) is 5.83. The number of benzene rings is 2. The topological polar surface area (TPSA) is 63.3 Å². The molecule has 7 heteroatoms. The molecule has 4 rings (SSSR count). The van der Waals surface area contributed by atoms with Crippen LogP contribution in [0.1, 0.15) is 11.4 Å². The fourth-order valence-electron chi connectivity index (χ4n) is 3.09. The Labute approximate surface area is 148 Å². The van der Waals surface area contributed by atoms with Gasteiger partial charge in [-0.15, -0.1) is 10.2 Å². The summed E-state index contributed by atoms with van der Waals surface area (Å²) in [6.45, 7) is 4.88. The molecular formula is C19H14F2N4O. The Bertz CT molecular complexity index is 1040. The largest absolute Gasteiger partial charge is 0.507 e. The molecule has 0 aliphatic carbocycles. The molecule has 0 saturated carbocycles. The standard InChI is InChI=1S/C19H14F2N4O/c1-2-11-8-12(19-24-23-16-10-22-6-7-25(16)19)9-14(21)17(11)18-13(20)4-3-5-15(18)26/h2-5,8-10,26H,1,6-7H2. The number of phenolic OH excluding ortho intramolecular Hbond substituents is 1. The number of aliphatic imine (C=N–C) groups is 1. The Morgan fingerprint density at radius 2 is 1.96 bits per heavy atom. The lowest BCUT2D eigenvalue weighted by atomic mass is 9.95. The average Bonchev–Trinajstić information content (AvgIpc) is 3.06. The highest BCUT2D eigenvalue weighted by Crippen LogP contribution is 2.38. The molecule has 3 aromatic rings. The lowest BCUT2D eigenvalue weighted by molar-refractivity contribution is 0.471.